The number of imide groups is 1. The van der Waals surface area contributed by atoms with Crippen LogP contribution in [0.1, 0.15) is 20.7 Å². The molecule has 3 aliphatic heterocycles. The average molecular weight is 676 g/mol. The topological polar surface area (TPSA) is 203 Å². The highest BCUT2D eigenvalue weighted by Gasteiger charge is 2.53. The molecule has 0 spiro atoms. The second kappa shape index (κ2) is 17.0. The van der Waals surface area contributed by atoms with Crippen LogP contribution in [0.2, 0.25) is 0 Å². The Morgan fingerprint density at radius 2 is 1.43 bits per heavy atom. The fourth-order valence-electron chi connectivity index (χ4n) is 5.37. The summed E-state index contributed by atoms with van der Waals surface area (Å²) >= 11 is 0. The Bertz CT molecular complexity index is 1620. The van der Waals surface area contributed by atoms with Crippen molar-refractivity contribution >= 4 is 41.2 Å². The summed E-state index contributed by atoms with van der Waals surface area (Å²) in [4.78, 5) is 63.7. The van der Waals surface area contributed by atoms with Crippen LogP contribution in [0.15, 0.2) is 84.4 Å². The molecular formula is C33H39N8O8+. The number of likely N-dealkylation sites (N-methyl/N-ethyl adjacent to an activating group) is 2. The number of β-amino-alcohol motifs (C(OH)–C–C–N with tert-alkyl or cyclic N) is 1. The van der Waals surface area contributed by atoms with Gasteiger partial charge in [-0.25, -0.2) is 19.0 Å². The molecule has 2 aromatic heterocycles. The number of carboxylic acid groups (broad SMARTS) is 2. The molecule has 3 amide bonds. The first-order chi connectivity index (χ1) is 23.5. The number of hydrogen-bond acceptors (Lipinski definition) is 11. The summed E-state index contributed by atoms with van der Waals surface area (Å²) in [6, 6.07) is 15.2. The molecule has 1 aromatic carbocycles. The zero-order valence-corrected chi connectivity index (χ0v) is 27.1. The molecular weight excluding hydrogens is 636 g/mol. The number of amidine groups is 2. The molecule has 2 atom stereocenters. The van der Waals surface area contributed by atoms with E-state index in [2.05, 4.69) is 36.9 Å². The minimum Gasteiger partial charge on any atom is -0.478 e. The van der Waals surface area contributed by atoms with Crippen molar-refractivity contribution in [3.63, 3.8) is 0 Å². The van der Waals surface area contributed by atoms with Crippen molar-refractivity contribution in [1.82, 2.24) is 24.7 Å². The number of carboxylic acids is 2. The van der Waals surface area contributed by atoms with E-state index in [-0.39, 0.29) is 30.1 Å². The van der Waals surface area contributed by atoms with Gasteiger partial charge in [0.15, 0.2) is 0 Å². The normalized spacial score (nSPS) is 18.1. The van der Waals surface area contributed by atoms with E-state index >= 15 is 0 Å². The third kappa shape index (κ3) is 9.28. The molecule has 2 fully saturated rings. The number of amides is 3. The monoisotopic (exact) mass is 675 g/mol. The molecule has 2 saturated heterocycles. The molecule has 3 aromatic rings. The highest BCUT2D eigenvalue weighted by atomic mass is 16.4. The summed E-state index contributed by atoms with van der Waals surface area (Å²) in [6.45, 7) is 3.63. The summed E-state index contributed by atoms with van der Waals surface area (Å²) in [6.07, 6.45) is 4.95. The number of anilines is 1. The van der Waals surface area contributed by atoms with Gasteiger partial charge in [0, 0.05) is 77.3 Å². The number of fused-ring (bicyclic) bond motifs is 1. The van der Waals surface area contributed by atoms with Crippen molar-refractivity contribution in [3.05, 3.63) is 90.5 Å². The van der Waals surface area contributed by atoms with Gasteiger partial charge in [0.25, 0.3) is 17.8 Å². The summed E-state index contributed by atoms with van der Waals surface area (Å²) in [5, 5.41) is 37.2. The number of hydrogen-bond donors (Lipinski definition) is 4. The lowest BCUT2D eigenvalue weighted by molar-refractivity contribution is -0.545. The maximum atomic E-state index is 12.7. The number of aliphatic hydroxyl groups excluding tert-OH is 2. The molecule has 2 unspecified atom stereocenters. The van der Waals surface area contributed by atoms with Crippen LogP contribution in [0, 0.1) is 0 Å². The molecule has 258 valence electrons. The number of aliphatic imine (C=N–C) groups is 1. The van der Waals surface area contributed by atoms with Crippen molar-refractivity contribution in [2.75, 3.05) is 64.9 Å². The number of pyridine rings is 2. The van der Waals surface area contributed by atoms with Crippen molar-refractivity contribution in [1.29, 1.82) is 0 Å². The predicted octanol–water partition coefficient (Wildman–Crippen LogP) is 0.437. The number of urea groups is 1. The van der Waals surface area contributed by atoms with Crippen LogP contribution in [-0.4, -0.2) is 157 Å². The Labute approximate surface area is 282 Å². The molecule has 16 nitrogen and oxygen atoms in total. The third-order valence-corrected chi connectivity index (χ3v) is 7.94. The Kier molecular flexibility index (Phi) is 12.6. The highest BCUT2D eigenvalue weighted by Crippen LogP contribution is 2.20. The van der Waals surface area contributed by atoms with Gasteiger partial charge in [-0.3, -0.25) is 29.5 Å². The minimum absolute atomic E-state index is 0.147. The van der Waals surface area contributed by atoms with Crippen LogP contribution in [0.25, 0.3) is 0 Å². The Morgan fingerprint density at radius 1 is 0.857 bits per heavy atom. The van der Waals surface area contributed by atoms with E-state index in [0.29, 0.717) is 12.4 Å². The molecule has 6 rings (SSSR count). The van der Waals surface area contributed by atoms with Gasteiger partial charge in [-0.15, -0.1) is 0 Å². The first-order valence-electron chi connectivity index (χ1n) is 15.4. The van der Waals surface area contributed by atoms with E-state index in [9.17, 15) is 29.4 Å². The Morgan fingerprint density at radius 3 is 1.90 bits per heavy atom. The molecule has 49 heavy (non-hydrogen) atoms. The SMILES string of the molecule is CN1C(=O)C2C(=NC(CO)=[N+]2CC(O)CN2CCN(c3ccccc3)CC2)N(C)C1=O.O=C(O)c1cccnc1.O=C(O)c1cccnc1. The van der Waals surface area contributed by atoms with Gasteiger partial charge < -0.3 is 25.3 Å². The van der Waals surface area contributed by atoms with Gasteiger partial charge >= 0.3 is 23.8 Å². The second-order valence-electron chi connectivity index (χ2n) is 11.2. The Balaban J connectivity index is 0.000000243. The van der Waals surface area contributed by atoms with E-state index in [1.165, 1.54) is 54.6 Å². The van der Waals surface area contributed by atoms with Crippen LogP contribution >= 0.6 is 0 Å². The van der Waals surface area contributed by atoms with Crippen molar-refractivity contribution in [2.24, 2.45) is 4.99 Å². The van der Waals surface area contributed by atoms with Crippen molar-refractivity contribution < 1.29 is 44.2 Å². The molecule has 0 saturated carbocycles. The lowest BCUT2D eigenvalue weighted by Crippen LogP contribution is -2.62. The molecule has 3 aliphatic rings. The Hall–Kier alpha value is -5.58. The number of nitrogens with zero attached hydrogens (tertiary/aromatic N) is 8. The van der Waals surface area contributed by atoms with E-state index in [0.717, 1.165) is 31.1 Å². The van der Waals surface area contributed by atoms with E-state index in [4.69, 9.17) is 10.2 Å². The smallest absolute Gasteiger partial charge is 0.337 e. The summed E-state index contributed by atoms with van der Waals surface area (Å²) in [7, 11) is 2.98. The van der Waals surface area contributed by atoms with E-state index in [1.807, 2.05) is 18.2 Å². The number of piperazine rings is 1. The number of aromatic carboxylic acids is 2. The maximum absolute atomic E-state index is 12.7. The fourth-order valence-corrected chi connectivity index (χ4v) is 5.37. The van der Waals surface area contributed by atoms with Gasteiger partial charge in [0.2, 0.25) is 0 Å². The van der Waals surface area contributed by atoms with Crippen LogP contribution in [0.5, 0.6) is 0 Å². The molecule has 0 aliphatic carbocycles. The molecule has 5 heterocycles. The lowest BCUT2D eigenvalue weighted by Gasteiger charge is -2.37. The zero-order valence-electron chi connectivity index (χ0n) is 27.1. The van der Waals surface area contributed by atoms with Crippen LogP contribution in [0.4, 0.5) is 10.5 Å². The van der Waals surface area contributed by atoms with E-state index < -0.39 is 36.0 Å². The summed E-state index contributed by atoms with van der Waals surface area (Å²) in [5.74, 6) is -1.71. The number of benzene rings is 1. The molecule has 4 N–H and O–H groups in total. The number of aliphatic hydroxyl groups is 2. The maximum Gasteiger partial charge on any atom is 0.337 e. The summed E-state index contributed by atoms with van der Waals surface area (Å²) in [5.41, 5.74) is 1.64. The molecule has 0 bridgehead atoms. The lowest BCUT2D eigenvalue weighted by atomic mass is 10.1. The minimum atomic E-state index is -0.942. The van der Waals surface area contributed by atoms with Gasteiger partial charge in [0.1, 0.15) is 19.3 Å². The van der Waals surface area contributed by atoms with Crippen LogP contribution < -0.4 is 4.90 Å². The van der Waals surface area contributed by atoms with Crippen LogP contribution in [-0.2, 0) is 4.79 Å². The predicted molar refractivity (Wildman–Crippen MR) is 178 cm³/mol. The summed E-state index contributed by atoms with van der Waals surface area (Å²) < 4.78 is 1.61. The quantitative estimate of drug-likeness (QED) is 0.240. The standard InChI is InChI=1S/C21H29N6O4.2C6H5NO2/c1-23-19-18(20(30)24(2)21(23)31)27(17(14-28)22-19)13-16(29)12-25-8-10-26(11-9-25)15-6-4-3-5-7-15;2*8-6(9)5-2-1-3-7-4-5/h3-7,16,18,28-29H,8-14H2,1-2H3;2*1-4H,(H,8,9)/q+1;;. The average Bonchev–Trinajstić information content (AvgIpc) is 3.49. The van der Waals surface area contributed by atoms with Crippen molar-refractivity contribution in [2.45, 2.75) is 12.1 Å². The van der Waals surface area contributed by atoms with Crippen LogP contribution in [0.3, 0.4) is 0 Å². The highest BCUT2D eigenvalue weighted by molar-refractivity contribution is 6.23. The largest absolute Gasteiger partial charge is 0.478 e. The molecule has 16 heteroatoms. The zero-order chi connectivity index (χ0) is 35.5. The van der Waals surface area contributed by atoms with Crippen molar-refractivity contribution in [3.8, 4) is 0 Å². The number of carbonyl (C=O) groups is 4. The second-order valence-corrected chi connectivity index (χ2v) is 11.2. The fraction of sp³-hybridized carbons (Fsp3) is 0.333. The van der Waals surface area contributed by atoms with E-state index in [1.54, 1.807) is 23.8 Å². The van der Waals surface area contributed by atoms with Gasteiger partial charge in [-0.2, -0.15) is 0 Å². The molecule has 0 radical (unpaired) electrons. The first kappa shape index (κ1) is 36.3. The van der Waals surface area contributed by atoms with Gasteiger partial charge in [-0.05, 0) is 41.4 Å². The first-order valence-corrected chi connectivity index (χ1v) is 15.4. The number of rotatable bonds is 8. The number of aromatic nitrogens is 2. The van der Waals surface area contributed by atoms with Gasteiger partial charge in [-0.1, -0.05) is 18.2 Å². The number of carbonyl (C=O) groups excluding carboxylic acids is 2. The van der Waals surface area contributed by atoms with Gasteiger partial charge in [0.05, 0.1) is 11.1 Å². The third-order valence-electron chi connectivity index (χ3n) is 7.94. The number of para-hydroxylation sites is 1.